The van der Waals surface area contributed by atoms with Crippen molar-refractivity contribution in [2.75, 3.05) is 12.3 Å². The number of nitrogens with one attached hydrogen (secondary N) is 1. The molecule has 0 bridgehead atoms. The van der Waals surface area contributed by atoms with Gasteiger partial charge in [0.25, 0.3) is 11.5 Å². The molecule has 0 spiro atoms. The van der Waals surface area contributed by atoms with E-state index in [1.807, 2.05) is 0 Å². The van der Waals surface area contributed by atoms with E-state index in [9.17, 15) is 19.2 Å². The third kappa shape index (κ3) is 2.23. The van der Waals surface area contributed by atoms with Crippen LogP contribution in [0.15, 0.2) is 16.1 Å². The average Bonchev–Trinajstić information content (AvgIpc) is 2.92. The van der Waals surface area contributed by atoms with Crippen molar-refractivity contribution < 1.29 is 14.4 Å². The first-order valence-corrected chi connectivity index (χ1v) is 7.35. The minimum absolute atomic E-state index is 0.115. The fourth-order valence-electron chi connectivity index (χ4n) is 2.28. The summed E-state index contributed by atoms with van der Waals surface area (Å²) in [5.74, 6) is -1.02. The Labute approximate surface area is 123 Å². The van der Waals surface area contributed by atoms with Crippen LogP contribution in [0.4, 0.5) is 0 Å². The van der Waals surface area contributed by atoms with Gasteiger partial charge in [-0.15, -0.1) is 0 Å². The van der Waals surface area contributed by atoms with Gasteiger partial charge in [-0.3, -0.25) is 29.1 Å². The number of aromatic nitrogens is 2. The molecule has 2 aliphatic rings. The molecule has 1 aromatic rings. The fourth-order valence-corrected chi connectivity index (χ4v) is 3.19. The summed E-state index contributed by atoms with van der Waals surface area (Å²) < 4.78 is 1.44. The second-order valence-electron chi connectivity index (χ2n) is 4.78. The van der Waals surface area contributed by atoms with E-state index >= 15 is 0 Å². The molecule has 1 fully saturated rings. The summed E-state index contributed by atoms with van der Waals surface area (Å²) >= 11 is 1.45. The number of thioether (sulfide) groups is 1. The molecule has 1 atom stereocenters. The SMILES string of the molecule is CC1C(=O)NC(=O)CN1C(=O)c1cnc2n(c1=O)CCS2. The molecule has 3 rings (SSSR count). The van der Waals surface area contributed by atoms with E-state index in [0.717, 1.165) is 10.7 Å². The third-order valence-corrected chi connectivity index (χ3v) is 4.44. The number of carbonyl (C=O) groups excluding carboxylic acids is 3. The summed E-state index contributed by atoms with van der Waals surface area (Å²) in [6, 6.07) is -0.803. The maximum absolute atomic E-state index is 12.5. The molecule has 21 heavy (non-hydrogen) atoms. The number of carbonyl (C=O) groups is 3. The molecule has 1 saturated heterocycles. The zero-order valence-corrected chi connectivity index (χ0v) is 12.0. The minimum Gasteiger partial charge on any atom is -0.317 e. The molecule has 1 N–H and O–H groups in total. The Kier molecular flexibility index (Phi) is 3.28. The van der Waals surface area contributed by atoms with E-state index in [4.69, 9.17) is 0 Å². The first-order valence-electron chi connectivity index (χ1n) is 6.36. The van der Waals surface area contributed by atoms with Crippen molar-refractivity contribution in [3.63, 3.8) is 0 Å². The topological polar surface area (TPSA) is 101 Å². The standard InChI is InChI=1S/C12H12N4O4S/c1-6-9(18)14-8(17)5-16(6)11(20)7-4-13-12-15(10(7)19)2-3-21-12/h4,6H,2-3,5H2,1H3,(H,14,17,18). The van der Waals surface area contributed by atoms with Gasteiger partial charge in [-0.05, 0) is 6.92 Å². The Morgan fingerprint density at radius 2 is 2.19 bits per heavy atom. The van der Waals surface area contributed by atoms with Gasteiger partial charge in [0.05, 0.1) is 0 Å². The lowest BCUT2D eigenvalue weighted by Crippen LogP contribution is -2.59. The number of imide groups is 1. The van der Waals surface area contributed by atoms with E-state index in [0.29, 0.717) is 11.7 Å². The number of fused-ring (bicyclic) bond motifs is 1. The average molecular weight is 308 g/mol. The van der Waals surface area contributed by atoms with E-state index in [1.165, 1.54) is 29.4 Å². The zero-order valence-electron chi connectivity index (χ0n) is 11.2. The van der Waals surface area contributed by atoms with Crippen LogP contribution in [0, 0.1) is 0 Å². The lowest BCUT2D eigenvalue weighted by molar-refractivity contribution is -0.138. The summed E-state index contributed by atoms with van der Waals surface area (Å²) in [7, 11) is 0. The van der Waals surface area contributed by atoms with Crippen LogP contribution in [-0.2, 0) is 16.1 Å². The Morgan fingerprint density at radius 3 is 2.95 bits per heavy atom. The van der Waals surface area contributed by atoms with Crippen molar-refractivity contribution in [2.45, 2.75) is 24.7 Å². The van der Waals surface area contributed by atoms with Crippen LogP contribution in [-0.4, -0.2) is 50.5 Å². The molecule has 9 heteroatoms. The summed E-state index contributed by atoms with van der Waals surface area (Å²) in [4.78, 5) is 52.9. The van der Waals surface area contributed by atoms with Crippen molar-refractivity contribution in [1.82, 2.24) is 19.8 Å². The molecule has 1 unspecified atom stereocenters. The van der Waals surface area contributed by atoms with Crippen LogP contribution in [0.5, 0.6) is 0 Å². The molecule has 8 nitrogen and oxygen atoms in total. The number of piperazine rings is 1. The highest BCUT2D eigenvalue weighted by atomic mass is 32.2. The second-order valence-corrected chi connectivity index (χ2v) is 5.84. The Balaban J connectivity index is 1.97. The van der Waals surface area contributed by atoms with E-state index < -0.39 is 29.3 Å². The van der Waals surface area contributed by atoms with Crippen molar-refractivity contribution in [3.8, 4) is 0 Å². The Morgan fingerprint density at radius 1 is 1.43 bits per heavy atom. The first kappa shape index (κ1) is 13.8. The van der Waals surface area contributed by atoms with E-state index in [2.05, 4.69) is 10.3 Å². The molecule has 3 amide bonds. The molecule has 0 saturated carbocycles. The number of nitrogens with zero attached hydrogens (tertiary/aromatic N) is 3. The van der Waals surface area contributed by atoms with E-state index in [-0.39, 0.29) is 12.1 Å². The maximum Gasteiger partial charge on any atom is 0.267 e. The minimum atomic E-state index is -0.803. The van der Waals surface area contributed by atoms with Gasteiger partial charge in [0, 0.05) is 18.5 Å². The van der Waals surface area contributed by atoms with Gasteiger partial charge in [-0.1, -0.05) is 11.8 Å². The van der Waals surface area contributed by atoms with Crippen molar-refractivity contribution in [3.05, 3.63) is 22.1 Å². The zero-order chi connectivity index (χ0) is 15.1. The van der Waals surface area contributed by atoms with Gasteiger partial charge in [0.2, 0.25) is 11.8 Å². The van der Waals surface area contributed by atoms with Gasteiger partial charge in [0.1, 0.15) is 18.2 Å². The molecule has 110 valence electrons. The monoisotopic (exact) mass is 308 g/mol. The van der Waals surface area contributed by atoms with Crippen molar-refractivity contribution >= 4 is 29.5 Å². The van der Waals surface area contributed by atoms with Crippen LogP contribution in [0.3, 0.4) is 0 Å². The van der Waals surface area contributed by atoms with E-state index in [1.54, 1.807) is 0 Å². The van der Waals surface area contributed by atoms with Crippen LogP contribution >= 0.6 is 11.8 Å². The second kappa shape index (κ2) is 4.99. The highest BCUT2D eigenvalue weighted by molar-refractivity contribution is 7.99. The van der Waals surface area contributed by atoms with Crippen LogP contribution in [0.25, 0.3) is 0 Å². The molecular formula is C12H12N4O4S. The van der Waals surface area contributed by atoms with Crippen LogP contribution in [0.1, 0.15) is 17.3 Å². The normalized spacial score (nSPS) is 21.2. The largest absolute Gasteiger partial charge is 0.317 e. The number of rotatable bonds is 1. The molecule has 1 aromatic heterocycles. The predicted molar refractivity (Wildman–Crippen MR) is 72.9 cm³/mol. The highest BCUT2D eigenvalue weighted by Gasteiger charge is 2.35. The lowest BCUT2D eigenvalue weighted by atomic mass is 10.1. The van der Waals surface area contributed by atoms with Crippen molar-refractivity contribution in [2.24, 2.45) is 0 Å². The molecule has 0 aromatic carbocycles. The Hall–Kier alpha value is -2.16. The number of amides is 3. The lowest BCUT2D eigenvalue weighted by Gasteiger charge is -2.31. The fraction of sp³-hybridized carbons (Fsp3) is 0.417. The molecular weight excluding hydrogens is 296 g/mol. The molecule has 3 heterocycles. The summed E-state index contributed by atoms with van der Waals surface area (Å²) in [6.07, 6.45) is 1.22. The molecule has 0 aliphatic carbocycles. The molecule has 2 aliphatic heterocycles. The van der Waals surface area contributed by atoms with Gasteiger partial charge in [0.15, 0.2) is 5.16 Å². The van der Waals surface area contributed by atoms with Gasteiger partial charge in [-0.2, -0.15) is 0 Å². The van der Waals surface area contributed by atoms with Crippen molar-refractivity contribution in [1.29, 1.82) is 0 Å². The summed E-state index contributed by atoms with van der Waals surface area (Å²) in [6.45, 7) is 1.76. The quantitative estimate of drug-likeness (QED) is 0.518. The van der Waals surface area contributed by atoms with Gasteiger partial charge < -0.3 is 4.90 Å². The summed E-state index contributed by atoms with van der Waals surface area (Å²) in [5.41, 5.74) is -0.545. The summed E-state index contributed by atoms with van der Waals surface area (Å²) in [5, 5.41) is 2.73. The maximum atomic E-state index is 12.5. The first-order chi connectivity index (χ1) is 9.99. The van der Waals surface area contributed by atoms with Gasteiger partial charge >= 0.3 is 0 Å². The van der Waals surface area contributed by atoms with Crippen LogP contribution in [0.2, 0.25) is 0 Å². The third-order valence-electron chi connectivity index (χ3n) is 3.47. The van der Waals surface area contributed by atoms with Crippen LogP contribution < -0.4 is 10.9 Å². The van der Waals surface area contributed by atoms with Gasteiger partial charge in [-0.25, -0.2) is 4.98 Å². The smallest absolute Gasteiger partial charge is 0.267 e. The highest BCUT2D eigenvalue weighted by Crippen LogP contribution is 2.21. The molecule has 0 radical (unpaired) electrons. The Bertz CT molecular complexity index is 714. The predicted octanol–water partition coefficient (Wildman–Crippen LogP) is -1.16. The number of hydrogen-bond donors (Lipinski definition) is 1. The number of hydrogen-bond acceptors (Lipinski definition) is 6.